The number of carbonyl (C=O) groups excluding carboxylic acids is 1. The third-order valence-corrected chi connectivity index (χ3v) is 0.990. The minimum atomic E-state index is -0.661. The first-order chi connectivity index (χ1) is 5.75. The number of methoxy groups -OCH3 is 1. The number of hydrogen-bond donors (Lipinski definition) is 1. The maximum Gasteiger partial charge on any atom is 0.274 e. The van der Waals surface area contributed by atoms with Gasteiger partial charge in [-0.1, -0.05) is 19.0 Å². The van der Waals surface area contributed by atoms with Crippen molar-refractivity contribution in [3.63, 3.8) is 0 Å². The molecule has 12 heavy (non-hydrogen) atoms. The van der Waals surface area contributed by atoms with Crippen molar-refractivity contribution < 1.29 is 14.1 Å². The molecule has 0 aromatic carbocycles. The van der Waals surface area contributed by atoms with Gasteiger partial charge in [-0.15, -0.1) is 0 Å². The second kappa shape index (κ2) is 5.17. The van der Waals surface area contributed by atoms with Crippen LogP contribution in [0.25, 0.3) is 0 Å². The average molecular weight is 172 g/mol. The lowest BCUT2D eigenvalue weighted by Gasteiger charge is -1.91. The van der Waals surface area contributed by atoms with Crippen molar-refractivity contribution in [2.75, 3.05) is 7.11 Å². The fraction of sp³-hybridized carbons (Fsp3) is 0.429. The average Bonchev–Trinajstić information content (AvgIpc) is 2.55. The molecule has 0 spiro atoms. The Morgan fingerprint density at radius 1 is 1.67 bits per heavy atom. The zero-order valence-electron chi connectivity index (χ0n) is 7.33. The van der Waals surface area contributed by atoms with Crippen LogP contribution >= 0.6 is 0 Å². The second-order valence-electron chi connectivity index (χ2n) is 1.60. The lowest BCUT2D eigenvalue weighted by atomic mass is 10.4. The van der Waals surface area contributed by atoms with Gasteiger partial charge in [-0.25, -0.2) is 0 Å². The Hall–Kier alpha value is -1.52. The van der Waals surface area contributed by atoms with Crippen molar-refractivity contribution in [2.45, 2.75) is 13.8 Å². The van der Waals surface area contributed by atoms with Gasteiger partial charge in [-0.05, 0) is 0 Å². The summed E-state index contributed by atoms with van der Waals surface area (Å²) < 4.78 is 9.11. The van der Waals surface area contributed by atoms with Crippen LogP contribution < -0.4 is 10.5 Å². The molecule has 1 heterocycles. The van der Waals surface area contributed by atoms with Gasteiger partial charge in [0.15, 0.2) is 12.0 Å². The smallest absolute Gasteiger partial charge is 0.274 e. The van der Waals surface area contributed by atoms with E-state index in [1.165, 1.54) is 13.4 Å². The summed E-state index contributed by atoms with van der Waals surface area (Å²) in [4.78, 5) is 10.5. The van der Waals surface area contributed by atoms with Crippen LogP contribution in [0.3, 0.4) is 0 Å². The molecule has 0 fully saturated rings. The second-order valence-corrected chi connectivity index (χ2v) is 1.60. The normalized spacial score (nSPS) is 8.25. The summed E-state index contributed by atoms with van der Waals surface area (Å²) in [6, 6.07) is 0. The molecule has 0 bridgehead atoms. The number of amides is 1. The molecule has 1 aromatic rings. The lowest BCUT2D eigenvalue weighted by molar-refractivity contribution is 0.0989. The number of hydrogen-bond acceptors (Lipinski definition) is 4. The SMILES string of the molecule is CC.COc1conc1C(N)=O. The fourth-order valence-electron chi connectivity index (χ4n) is 0.539. The van der Waals surface area contributed by atoms with Crippen LogP contribution in [0.15, 0.2) is 10.8 Å². The largest absolute Gasteiger partial charge is 0.491 e. The van der Waals surface area contributed by atoms with Gasteiger partial charge in [0.2, 0.25) is 5.69 Å². The first kappa shape index (κ1) is 10.5. The molecule has 5 nitrogen and oxygen atoms in total. The van der Waals surface area contributed by atoms with E-state index in [2.05, 4.69) is 14.4 Å². The third-order valence-electron chi connectivity index (χ3n) is 0.990. The number of ether oxygens (including phenoxy) is 1. The summed E-state index contributed by atoms with van der Waals surface area (Å²) in [6.45, 7) is 4.00. The molecule has 68 valence electrons. The predicted molar refractivity (Wildman–Crippen MR) is 42.9 cm³/mol. The molecule has 1 aromatic heterocycles. The first-order valence-electron chi connectivity index (χ1n) is 3.54. The zero-order valence-corrected chi connectivity index (χ0v) is 7.33. The number of nitrogens with zero attached hydrogens (tertiary/aromatic N) is 1. The van der Waals surface area contributed by atoms with Crippen LogP contribution in [0.5, 0.6) is 5.75 Å². The molecular formula is C7H12N2O3. The van der Waals surface area contributed by atoms with E-state index in [4.69, 9.17) is 5.73 Å². The molecule has 0 saturated heterocycles. The Balaban J connectivity index is 0.000000561. The highest BCUT2D eigenvalue weighted by atomic mass is 16.5. The van der Waals surface area contributed by atoms with E-state index in [1.807, 2.05) is 13.8 Å². The predicted octanol–water partition coefficient (Wildman–Crippen LogP) is 0.808. The van der Waals surface area contributed by atoms with E-state index in [-0.39, 0.29) is 11.4 Å². The van der Waals surface area contributed by atoms with Gasteiger partial charge in [-0.2, -0.15) is 0 Å². The van der Waals surface area contributed by atoms with Gasteiger partial charge in [-0.3, -0.25) is 4.79 Å². The quantitative estimate of drug-likeness (QED) is 0.715. The van der Waals surface area contributed by atoms with E-state index in [0.717, 1.165) is 0 Å². The Bertz CT molecular complexity index is 245. The van der Waals surface area contributed by atoms with Crippen LogP contribution in [0.1, 0.15) is 24.3 Å². The third kappa shape index (κ3) is 2.26. The van der Waals surface area contributed by atoms with E-state index in [9.17, 15) is 4.79 Å². The van der Waals surface area contributed by atoms with Crippen LogP contribution in [-0.2, 0) is 0 Å². The highest BCUT2D eigenvalue weighted by Gasteiger charge is 2.12. The molecule has 0 aliphatic rings. The topological polar surface area (TPSA) is 78.3 Å². The lowest BCUT2D eigenvalue weighted by Crippen LogP contribution is -2.12. The highest BCUT2D eigenvalue weighted by Crippen LogP contribution is 2.13. The van der Waals surface area contributed by atoms with Gasteiger partial charge in [0.25, 0.3) is 5.91 Å². The monoisotopic (exact) mass is 172 g/mol. The minimum absolute atomic E-state index is 0.0162. The number of primary amides is 1. The number of nitrogens with two attached hydrogens (primary N) is 1. The van der Waals surface area contributed by atoms with Crippen molar-refractivity contribution in [1.29, 1.82) is 0 Å². The van der Waals surface area contributed by atoms with Gasteiger partial charge in [0, 0.05) is 0 Å². The van der Waals surface area contributed by atoms with E-state index in [0.29, 0.717) is 0 Å². The Kier molecular flexibility index (Phi) is 4.52. The van der Waals surface area contributed by atoms with E-state index >= 15 is 0 Å². The standard InChI is InChI=1S/C5H6N2O3.C2H6/c1-9-3-2-10-7-4(3)5(6)8;1-2/h2H,1H3,(H2,6,8);1-2H3. The maximum absolute atomic E-state index is 10.5. The summed E-state index contributed by atoms with van der Waals surface area (Å²) >= 11 is 0. The van der Waals surface area contributed by atoms with E-state index in [1.54, 1.807) is 0 Å². The molecule has 5 heteroatoms. The summed E-state index contributed by atoms with van der Waals surface area (Å²) in [5, 5.41) is 3.31. The van der Waals surface area contributed by atoms with Gasteiger partial charge < -0.3 is 15.0 Å². The molecule has 0 radical (unpaired) electrons. The van der Waals surface area contributed by atoms with E-state index < -0.39 is 5.91 Å². The van der Waals surface area contributed by atoms with Crippen molar-refractivity contribution in [2.24, 2.45) is 5.73 Å². The summed E-state index contributed by atoms with van der Waals surface area (Å²) in [7, 11) is 1.40. The highest BCUT2D eigenvalue weighted by molar-refractivity contribution is 5.93. The maximum atomic E-state index is 10.5. The molecule has 0 aliphatic heterocycles. The number of rotatable bonds is 2. The van der Waals surface area contributed by atoms with Gasteiger partial charge in [0.05, 0.1) is 7.11 Å². The Labute approximate surface area is 70.5 Å². The van der Waals surface area contributed by atoms with Crippen LogP contribution in [0.2, 0.25) is 0 Å². The summed E-state index contributed by atoms with van der Waals surface area (Å²) in [5.74, 6) is -0.405. The Morgan fingerprint density at radius 2 is 2.25 bits per heavy atom. The molecule has 1 rings (SSSR count). The van der Waals surface area contributed by atoms with Crippen molar-refractivity contribution in [3.8, 4) is 5.75 Å². The number of carbonyl (C=O) groups is 1. The summed E-state index contributed by atoms with van der Waals surface area (Å²) in [5.41, 5.74) is 4.91. The number of aromatic nitrogens is 1. The van der Waals surface area contributed by atoms with Gasteiger partial charge >= 0.3 is 0 Å². The zero-order chi connectivity index (χ0) is 9.56. The molecular weight excluding hydrogens is 160 g/mol. The van der Waals surface area contributed by atoms with Crippen molar-refractivity contribution >= 4 is 5.91 Å². The van der Waals surface area contributed by atoms with Crippen molar-refractivity contribution in [3.05, 3.63) is 12.0 Å². The molecule has 0 unspecified atom stereocenters. The van der Waals surface area contributed by atoms with Gasteiger partial charge in [0.1, 0.15) is 0 Å². The summed E-state index contributed by atoms with van der Waals surface area (Å²) in [6.07, 6.45) is 1.21. The Morgan fingerprint density at radius 3 is 2.58 bits per heavy atom. The molecule has 2 N–H and O–H groups in total. The first-order valence-corrected chi connectivity index (χ1v) is 3.54. The van der Waals surface area contributed by atoms with Crippen molar-refractivity contribution in [1.82, 2.24) is 5.16 Å². The molecule has 0 aliphatic carbocycles. The molecule has 0 atom stereocenters. The minimum Gasteiger partial charge on any atom is -0.491 e. The van der Waals surface area contributed by atoms with Crippen LogP contribution in [0, 0.1) is 0 Å². The molecule has 0 saturated carbocycles. The fourth-order valence-corrected chi connectivity index (χ4v) is 0.539. The van der Waals surface area contributed by atoms with Crippen LogP contribution in [0.4, 0.5) is 0 Å². The molecule has 1 amide bonds. The van der Waals surface area contributed by atoms with Crippen LogP contribution in [-0.4, -0.2) is 18.2 Å².